The van der Waals surface area contributed by atoms with E-state index in [4.69, 9.17) is 9.90 Å². The van der Waals surface area contributed by atoms with Gasteiger partial charge in [-0.05, 0) is 18.4 Å². The first-order chi connectivity index (χ1) is 4.63. The van der Waals surface area contributed by atoms with E-state index in [1.54, 1.807) is 11.3 Å². The minimum absolute atomic E-state index is 0.833. The largest absolute Gasteiger partial charge is 0.481 e. The molecule has 0 radical (unpaired) electrons. The Morgan fingerprint density at radius 3 is 2.30 bits per heavy atom. The topological polar surface area (TPSA) is 37.3 Å². The molecule has 0 atom stereocenters. The summed E-state index contributed by atoms with van der Waals surface area (Å²) < 4.78 is 0. The van der Waals surface area contributed by atoms with Crippen LogP contribution >= 0.6 is 11.3 Å². The van der Waals surface area contributed by atoms with E-state index in [1.807, 2.05) is 0 Å². The summed E-state index contributed by atoms with van der Waals surface area (Å²) in [6, 6.07) is 4.16. The summed E-state index contributed by atoms with van der Waals surface area (Å²) in [5, 5.41) is 9.50. The normalized spacial score (nSPS) is 7.80. The lowest BCUT2D eigenvalue weighted by Gasteiger charge is -1.65. The Balaban J connectivity index is 0.000000180. The van der Waals surface area contributed by atoms with E-state index in [1.165, 1.54) is 4.88 Å². The van der Waals surface area contributed by atoms with Gasteiger partial charge < -0.3 is 5.11 Å². The summed E-state index contributed by atoms with van der Waals surface area (Å²) >= 11 is 1.78. The van der Waals surface area contributed by atoms with Gasteiger partial charge in [0.15, 0.2) is 0 Å². The maximum atomic E-state index is 9.00. The zero-order chi connectivity index (χ0) is 7.98. The Morgan fingerprint density at radius 1 is 1.70 bits per heavy atom. The summed E-state index contributed by atoms with van der Waals surface area (Å²) in [5.74, 6) is -0.833. The van der Waals surface area contributed by atoms with Crippen LogP contribution in [0.4, 0.5) is 0 Å². The van der Waals surface area contributed by atoms with E-state index in [0.29, 0.717) is 0 Å². The molecule has 0 fully saturated rings. The Bertz CT molecular complexity index is 175. The fourth-order valence-corrected chi connectivity index (χ4v) is 0.890. The van der Waals surface area contributed by atoms with Crippen molar-refractivity contribution in [2.45, 2.75) is 13.8 Å². The standard InChI is InChI=1S/C5H6S.C2H4O2/c1-5-3-2-4-6-5;1-2(3)4/h2-4H,1H3;1H3,(H,3,4). The van der Waals surface area contributed by atoms with Crippen molar-refractivity contribution in [1.82, 2.24) is 0 Å². The van der Waals surface area contributed by atoms with E-state index >= 15 is 0 Å². The number of carboxylic acid groups (broad SMARTS) is 1. The van der Waals surface area contributed by atoms with Gasteiger partial charge in [0.05, 0.1) is 0 Å². The van der Waals surface area contributed by atoms with Gasteiger partial charge in [0, 0.05) is 11.8 Å². The Morgan fingerprint density at radius 2 is 2.20 bits per heavy atom. The summed E-state index contributed by atoms with van der Waals surface area (Å²) in [7, 11) is 0. The molecule has 0 saturated carbocycles. The van der Waals surface area contributed by atoms with Crippen LogP contribution in [-0.4, -0.2) is 11.1 Å². The molecule has 1 N–H and O–H groups in total. The predicted octanol–water partition coefficient (Wildman–Crippen LogP) is 2.15. The van der Waals surface area contributed by atoms with Gasteiger partial charge in [0.1, 0.15) is 0 Å². The van der Waals surface area contributed by atoms with Crippen LogP contribution in [0.5, 0.6) is 0 Å². The first-order valence-electron chi connectivity index (χ1n) is 2.82. The molecule has 1 rings (SSSR count). The zero-order valence-electron chi connectivity index (χ0n) is 6.00. The summed E-state index contributed by atoms with van der Waals surface area (Å²) in [6.07, 6.45) is 0. The second kappa shape index (κ2) is 4.99. The van der Waals surface area contributed by atoms with E-state index in [2.05, 4.69) is 24.4 Å². The summed E-state index contributed by atoms with van der Waals surface area (Å²) in [4.78, 5) is 10.4. The number of aryl methyl sites for hydroxylation is 1. The van der Waals surface area contributed by atoms with E-state index < -0.39 is 5.97 Å². The molecule has 1 aromatic rings. The van der Waals surface area contributed by atoms with Crippen molar-refractivity contribution >= 4 is 17.3 Å². The smallest absolute Gasteiger partial charge is 0.300 e. The minimum Gasteiger partial charge on any atom is -0.481 e. The lowest BCUT2D eigenvalue weighted by atomic mass is 10.5. The maximum absolute atomic E-state index is 9.00. The summed E-state index contributed by atoms with van der Waals surface area (Å²) in [6.45, 7) is 3.19. The fourth-order valence-electron chi connectivity index (χ4n) is 0.361. The second-order valence-corrected chi connectivity index (χ2v) is 2.89. The highest BCUT2D eigenvalue weighted by molar-refractivity contribution is 7.09. The third kappa shape index (κ3) is 7.17. The highest BCUT2D eigenvalue weighted by atomic mass is 32.1. The number of thiophene rings is 1. The third-order valence-electron chi connectivity index (χ3n) is 0.663. The van der Waals surface area contributed by atoms with E-state index in [9.17, 15) is 0 Å². The number of hydrogen-bond donors (Lipinski definition) is 1. The molecule has 1 heterocycles. The Kier molecular flexibility index (Phi) is 4.58. The van der Waals surface area contributed by atoms with Crippen LogP contribution in [0.15, 0.2) is 17.5 Å². The molecule has 10 heavy (non-hydrogen) atoms. The molecule has 0 aliphatic carbocycles. The van der Waals surface area contributed by atoms with Crippen LogP contribution < -0.4 is 0 Å². The molecule has 0 aromatic carbocycles. The van der Waals surface area contributed by atoms with Gasteiger partial charge in [-0.3, -0.25) is 4.79 Å². The Hall–Kier alpha value is -0.830. The molecule has 1 aromatic heterocycles. The molecule has 2 nitrogen and oxygen atoms in total. The third-order valence-corrected chi connectivity index (χ3v) is 1.46. The second-order valence-electron chi connectivity index (χ2n) is 1.74. The molecule has 0 amide bonds. The molecule has 0 aliphatic heterocycles. The van der Waals surface area contributed by atoms with Crippen molar-refractivity contribution < 1.29 is 9.90 Å². The van der Waals surface area contributed by atoms with Gasteiger partial charge in [0.25, 0.3) is 5.97 Å². The van der Waals surface area contributed by atoms with E-state index in [0.717, 1.165) is 6.92 Å². The molecule has 3 heteroatoms. The zero-order valence-corrected chi connectivity index (χ0v) is 6.81. The molecule has 0 aliphatic rings. The molecule has 0 saturated heterocycles. The van der Waals surface area contributed by atoms with Crippen LogP contribution in [0.3, 0.4) is 0 Å². The van der Waals surface area contributed by atoms with Crippen molar-refractivity contribution in [3.05, 3.63) is 22.4 Å². The van der Waals surface area contributed by atoms with Crippen LogP contribution in [0.1, 0.15) is 11.8 Å². The fraction of sp³-hybridized carbons (Fsp3) is 0.286. The lowest BCUT2D eigenvalue weighted by Crippen LogP contribution is -1.78. The molecule has 0 bridgehead atoms. The molecule has 56 valence electrons. The van der Waals surface area contributed by atoms with Crippen molar-refractivity contribution in [3.8, 4) is 0 Å². The van der Waals surface area contributed by atoms with Gasteiger partial charge in [-0.2, -0.15) is 0 Å². The van der Waals surface area contributed by atoms with Crippen molar-refractivity contribution in [1.29, 1.82) is 0 Å². The van der Waals surface area contributed by atoms with Gasteiger partial charge in [-0.1, -0.05) is 6.07 Å². The Labute approximate surface area is 64.1 Å². The molecular weight excluding hydrogens is 148 g/mol. The highest BCUT2D eigenvalue weighted by Gasteiger charge is 1.74. The van der Waals surface area contributed by atoms with Gasteiger partial charge in [0.2, 0.25) is 0 Å². The minimum atomic E-state index is -0.833. The quantitative estimate of drug-likeness (QED) is 0.628. The first-order valence-corrected chi connectivity index (χ1v) is 3.70. The number of aliphatic carboxylic acids is 1. The monoisotopic (exact) mass is 158 g/mol. The number of carbonyl (C=O) groups is 1. The van der Waals surface area contributed by atoms with Gasteiger partial charge in [-0.15, -0.1) is 11.3 Å². The van der Waals surface area contributed by atoms with Gasteiger partial charge in [-0.25, -0.2) is 0 Å². The van der Waals surface area contributed by atoms with Crippen LogP contribution in [-0.2, 0) is 4.79 Å². The molecular formula is C7H10O2S. The number of hydrogen-bond acceptors (Lipinski definition) is 2. The van der Waals surface area contributed by atoms with Gasteiger partial charge >= 0.3 is 0 Å². The van der Waals surface area contributed by atoms with Crippen molar-refractivity contribution in [3.63, 3.8) is 0 Å². The summed E-state index contributed by atoms with van der Waals surface area (Å²) in [5.41, 5.74) is 0. The molecule has 0 spiro atoms. The van der Waals surface area contributed by atoms with Crippen LogP contribution in [0.25, 0.3) is 0 Å². The lowest BCUT2D eigenvalue weighted by molar-refractivity contribution is -0.134. The SMILES string of the molecule is CC(=O)O.Cc1cccs1. The average molecular weight is 158 g/mol. The average Bonchev–Trinajstić information content (AvgIpc) is 2.15. The highest BCUT2D eigenvalue weighted by Crippen LogP contribution is 2.03. The number of rotatable bonds is 0. The predicted molar refractivity (Wildman–Crippen MR) is 42.4 cm³/mol. The van der Waals surface area contributed by atoms with Crippen LogP contribution in [0, 0.1) is 6.92 Å². The van der Waals surface area contributed by atoms with Crippen molar-refractivity contribution in [2.24, 2.45) is 0 Å². The first kappa shape index (κ1) is 9.17. The molecule has 0 unspecified atom stereocenters. The van der Waals surface area contributed by atoms with Crippen LogP contribution in [0.2, 0.25) is 0 Å². The van der Waals surface area contributed by atoms with Crippen molar-refractivity contribution in [2.75, 3.05) is 0 Å². The maximum Gasteiger partial charge on any atom is 0.300 e. The van der Waals surface area contributed by atoms with E-state index in [-0.39, 0.29) is 0 Å². The number of carboxylic acids is 1.